The van der Waals surface area contributed by atoms with Crippen LogP contribution in [0.15, 0.2) is 77.3 Å². The third kappa shape index (κ3) is 6.18. The Morgan fingerprint density at radius 1 is 0.781 bits per heavy atom. The molecule has 3 N–H and O–H groups in total. The zero-order valence-electron chi connectivity index (χ0n) is 17.4. The topological polar surface area (TPSA) is 96.5 Å². The van der Waals surface area contributed by atoms with Crippen molar-refractivity contribution < 1.29 is 19.1 Å². The summed E-state index contributed by atoms with van der Waals surface area (Å²) in [7, 11) is 0. The van der Waals surface area contributed by atoms with Gasteiger partial charge in [-0.25, -0.2) is 0 Å². The van der Waals surface area contributed by atoms with Crippen molar-refractivity contribution in [1.82, 2.24) is 10.9 Å². The van der Waals surface area contributed by atoms with Crippen molar-refractivity contribution in [2.75, 3.05) is 11.9 Å². The van der Waals surface area contributed by atoms with Crippen molar-refractivity contribution in [3.05, 3.63) is 94.0 Å². The van der Waals surface area contributed by atoms with Gasteiger partial charge in [0.1, 0.15) is 5.75 Å². The molecule has 3 aromatic rings. The molecule has 0 aliphatic rings. The first kappa shape index (κ1) is 23.0. The Bertz CT molecular complexity index is 1100. The van der Waals surface area contributed by atoms with Gasteiger partial charge in [0, 0.05) is 22.4 Å². The van der Waals surface area contributed by atoms with Crippen LogP contribution in [0.5, 0.6) is 5.75 Å². The predicted molar refractivity (Wildman–Crippen MR) is 126 cm³/mol. The van der Waals surface area contributed by atoms with E-state index in [-0.39, 0.29) is 5.91 Å². The van der Waals surface area contributed by atoms with Gasteiger partial charge in [-0.2, -0.15) is 0 Å². The summed E-state index contributed by atoms with van der Waals surface area (Å²) in [5.74, 6) is -0.548. The molecule has 0 saturated heterocycles. The zero-order chi connectivity index (χ0) is 22.9. The fourth-order valence-electron chi connectivity index (χ4n) is 2.73. The van der Waals surface area contributed by atoms with Crippen LogP contribution in [0.25, 0.3) is 0 Å². The van der Waals surface area contributed by atoms with Crippen LogP contribution in [0.2, 0.25) is 0 Å². The summed E-state index contributed by atoms with van der Waals surface area (Å²) >= 11 is 3.38. The second kappa shape index (κ2) is 11.1. The molecule has 0 aromatic heterocycles. The van der Waals surface area contributed by atoms with Crippen molar-refractivity contribution in [3.8, 4) is 5.75 Å². The number of nitrogens with one attached hydrogen (secondary N) is 3. The van der Waals surface area contributed by atoms with Crippen LogP contribution in [-0.4, -0.2) is 24.3 Å². The predicted octanol–water partition coefficient (Wildman–Crippen LogP) is 4.57. The maximum atomic E-state index is 12.3. The SMILES string of the molecule is CCCOc1ccc(C(=O)NNC(=O)c2ccc(NC(=O)c3ccccc3)cc2)cc1Br. The van der Waals surface area contributed by atoms with Gasteiger partial charge in [0.05, 0.1) is 11.1 Å². The highest BCUT2D eigenvalue weighted by Gasteiger charge is 2.12. The van der Waals surface area contributed by atoms with E-state index >= 15 is 0 Å². The lowest BCUT2D eigenvalue weighted by molar-refractivity contribution is 0.0846. The average Bonchev–Trinajstić information content (AvgIpc) is 2.82. The van der Waals surface area contributed by atoms with E-state index in [9.17, 15) is 14.4 Å². The lowest BCUT2D eigenvalue weighted by Crippen LogP contribution is -2.41. The van der Waals surface area contributed by atoms with E-state index in [1.165, 1.54) is 0 Å². The summed E-state index contributed by atoms with van der Waals surface area (Å²) in [5, 5.41) is 2.76. The molecule has 0 unspecified atom stereocenters. The smallest absolute Gasteiger partial charge is 0.269 e. The molecule has 0 heterocycles. The first-order valence-electron chi connectivity index (χ1n) is 9.97. The van der Waals surface area contributed by atoms with Crippen molar-refractivity contribution in [3.63, 3.8) is 0 Å². The number of hydrogen-bond acceptors (Lipinski definition) is 4. The van der Waals surface area contributed by atoms with Crippen molar-refractivity contribution in [1.29, 1.82) is 0 Å². The number of ether oxygens (including phenoxy) is 1. The van der Waals surface area contributed by atoms with Crippen LogP contribution in [0.4, 0.5) is 5.69 Å². The van der Waals surface area contributed by atoms with Crippen LogP contribution in [-0.2, 0) is 0 Å². The van der Waals surface area contributed by atoms with Gasteiger partial charge in [-0.1, -0.05) is 25.1 Å². The minimum absolute atomic E-state index is 0.243. The number of benzene rings is 3. The molecule has 8 heteroatoms. The largest absolute Gasteiger partial charge is 0.492 e. The van der Waals surface area contributed by atoms with Gasteiger partial charge >= 0.3 is 0 Å². The highest BCUT2D eigenvalue weighted by atomic mass is 79.9. The lowest BCUT2D eigenvalue weighted by atomic mass is 10.1. The summed E-state index contributed by atoms with van der Waals surface area (Å²) in [6, 6.07) is 20.1. The average molecular weight is 496 g/mol. The van der Waals surface area contributed by atoms with Crippen molar-refractivity contribution in [2.24, 2.45) is 0 Å². The van der Waals surface area contributed by atoms with Gasteiger partial charge in [0.15, 0.2) is 0 Å². The molecule has 7 nitrogen and oxygen atoms in total. The van der Waals surface area contributed by atoms with Crippen molar-refractivity contribution in [2.45, 2.75) is 13.3 Å². The van der Waals surface area contributed by atoms with E-state index in [0.717, 1.165) is 6.42 Å². The molecule has 0 bridgehead atoms. The Hall–Kier alpha value is -3.65. The normalized spacial score (nSPS) is 10.2. The lowest BCUT2D eigenvalue weighted by Gasteiger charge is -2.11. The summed E-state index contributed by atoms with van der Waals surface area (Å²) in [6.45, 7) is 2.58. The summed E-state index contributed by atoms with van der Waals surface area (Å²) in [5.41, 5.74) is 6.54. The Labute approximate surface area is 194 Å². The number of carbonyl (C=O) groups is 3. The minimum Gasteiger partial charge on any atom is -0.492 e. The monoisotopic (exact) mass is 495 g/mol. The molecule has 0 atom stereocenters. The number of hydrogen-bond donors (Lipinski definition) is 3. The van der Waals surface area contributed by atoms with E-state index < -0.39 is 11.8 Å². The Morgan fingerprint density at radius 2 is 1.38 bits per heavy atom. The molecule has 164 valence electrons. The standard InChI is InChI=1S/C24H22BrN3O4/c1-2-14-32-21-13-10-18(15-20(21)25)24(31)28-27-23(30)17-8-11-19(12-9-17)26-22(29)16-6-4-3-5-7-16/h3-13,15H,2,14H2,1H3,(H,26,29)(H,27,30)(H,28,31). The number of anilines is 1. The van der Waals surface area contributed by atoms with Gasteiger partial charge < -0.3 is 10.1 Å². The summed E-state index contributed by atoms with van der Waals surface area (Å²) in [6.07, 6.45) is 0.876. The number of rotatable bonds is 7. The summed E-state index contributed by atoms with van der Waals surface area (Å²) < 4.78 is 6.21. The van der Waals surface area contributed by atoms with E-state index in [4.69, 9.17) is 4.74 Å². The number of hydrazine groups is 1. The van der Waals surface area contributed by atoms with Crippen LogP contribution >= 0.6 is 15.9 Å². The first-order valence-corrected chi connectivity index (χ1v) is 10.8. The number of amides is 3. The Balaban J connectivity index is 1.54. The molecular weight excluding hydrogens is 474 g/mol. The Kier molecular flexibility index (Phi) is 7.99. The molecule has 3 rings (SSSR count). The first-order chi connectivity index (χ1) is 15.5. The molecule has 3 aromatic carbocycles. The third-order valence-corrected chi connectivity index (χ3v) is 5.01. The van der Waals surface area contributed by atoms with Crippen molar-refractivity contribution >= 4 is 39.3 Å². The fraction of sp³-hybridized carbons (Fsp3) is 0.125. The highest BCUT2D eigenvalue weighted by molar-refractivity contribution is 9.10. The molecule has 0 aliphatic heterocycles. The Morgan fingerprint density at radius 3 is 2.00 bits per heavy atom. The van der Waals surface area contributed by atoms with Gasteiger partial charge in [0.2, 0.25) is 0 Å². The molecule has 0 spiro atoms. The quantitative estimate of drug-likeness (QED) is 0.418. The second-order valence-electron chi connectivity index (χ2n) is 6.80. The van der Waals surface area contributed by atoms with E-state index in [1.807, 2.05) is 13.0 Å². The van der Waals surface area contributed by atoms with E-state index in [1.54, 1.807) is 66.7 Å². The van der Waals surface area contributed by atoms with Gasteiger partial charge in [0.25, 0.3) is 17.7 Å². The van der Waals surface area contributed by atoms with Gasteiger partial charge in [-0.3, -0.25) is 25.2 Å². The minimum atomic E-state index is -0.485. The van der Waals surface area contributed by atoms with Gasteiger partial charge in [-0.05, 0) is 76.9 Å². The highest BCUT2D eigenvalue weighted by Crippen LogP contribution is 2.26. The van der Waals surface area contributed by atoms with Crippen LogP contribution in [0.3, 0.4) is 0 Å². The maximum absolute atomic E-state index is 12.3. The van der Waals surface area contributed by atoms with Gasteiger partial charge in [-0.15, -0.1) is 0 Å². The summed E-state index contributed by atoms with van der Waals surface area (Å²) in [4.78, 5) is 36.9. The second-order valence-corrected chi connectivity index (χ2v) is 7.65. The third-order valence-electron chi connectivity index (χ3n) is 4.39. The molecule has 0 fully saturated rings. The van der Waals surface area contributed by atoms with Crippen LogP contribution in [0, 0.1) is 0 Å². The molecular formula is C24H22BrN3O4. The molecule has 3 amide bonds. The zero-order valence-corrected chi connectivity index (χ0v) is 18.9. The maximum Gasteiger partial charge on any atom is 0.269 e. The van der Waals surface area contributed by atoms with E-state index in [0.29, 0.717) is 39.2 Å². The molecule has 0 radical (unpaired) electrons. The van der Waals surface area contributed by atoms with Crippen LogP contribution < -0.4 is 20.9 Å². The molecule has 0 aliphatic carbocycles. The van der Waals surface area contributed by atoms with E-state index in [2.05, 4.69) is 32.1 Å². The molecule has 0 saturated carbocycles. The van der Waals surface area contributed by atoms with Crippen LogP contribution in [0.1, 0.15) is 44.4 Å². The molecule has 32 heavy (non-hydrogen) atoms. The number of halogens is 1. The fourth-order valence-corrected chi connectivity index (χ4v) is 3.22. The number of carbonyl (C=O) groups excluding carboxylic acids is 3.